The molecule has 2 aliphatic carbocycles. The molecule has 0 heterocycles. The van der Waals surface area contributed by atoms with Gasteiger partial charge in [-0.2, -0.15) is 0 Å². The third kappa shape index (κ3) is 5.30. The largest absolute Gasteiger partial charge is 0.497 e. The van der Waals surface area contributed by atoms with Gasteiger partial charge in [0.15, 0.2) is 0 Å². The summed E-state index contributed by atoms with van der Waals surface area (Å²) < 4.78 is 5.43. The fourth-order valence-corrected chi connectivity index (χ4v) is 9.96. The van der Waals surface area contributed by atoms with Crippen molar-refractivity contribution in [2.75, 3.05) is 7.11 Å². The number of rotatable bonds is 5. The molecule has 11 rings (SSSR count). The van der Waals surface area contributed by atoms with Crippen molar-refractivity contribution < 1.29 is 4.74 Å². The SMILES string of the molecule is COc1ccc2cc(-c3ccc4cc(-c5ccc6c(c5)C(C)(C)c5cc(-c7ccc8c(c7)C(C)(C)c7cc(-c9ccccc9)ccc7-8)ccc5-6)ccc4c3)ccc2c1. The van der Waals surface area contributed by atoms with E-state index in [9.17, 15) is 0 Å². The number of hydrogen-bond acceptors (Lipinski definition) is 1. The first-order valence-corrected chi connectivity index (χ1v) is 20.4. The predicted octanol–water partition coefficient (Wildman–Crippen LogP) is 15.3. The minimum absolute atomic E-state index is 0.0914. The molecule has 0 fully saturated rings. The highest BCUT2D eigenvalue weighted by Crippen LogP contribution is 2.53. The second-order valence-corrected chi connectivity index (χ2v) is 17.4. The van der Waals surface area contributed by atoms with Crippen LogP contribution < -0.4 is 4.74 Å². The van der Waals surface area contributed by atoms with Crippen molar-refractivity contribution in [1.29, 1.82) is 0 Å². The standard InChI is InChI=1S/C57H44O/c1-56(2)52-31-43(35-9-7-6-8-10-35)18-23-48(52)50-25-20-45(33-54(50)56)46-21-26-51-49-24-19-44(32-53(49)57(3,4)55(51)34-46)40-14-13-37-27-36(11-12-38(37)28-40)39-15-16-42-30-47(58-5)22-17-41(42)29-39/h6-34H,1-5H3. The van der Waals surface area contributed by atoms with E-state index in [1.165, 1.54) is 111 Å². The molecule has 9 aromatic carbocycles. The van der Waals surface area contributed by atoms with Gasteiger partial charge in [-0.05, 0) is 165 Å². The monoisotopic (exact) mass is 744 g/mol. The Morgan fingerprint density at radius 3 is 0.983 bits per heavy atom. The van der Waals surface area contributed by atoms with Crippen LogP contribution in [0.5, 0.6) is 5.75 Å². The van der Waals surface area contributed by atoms with Crippen LogP contribution in [0.2, 0.25) is 0 Å². The summed E-state index contributed by atoms with van der Waals surface area (Å²) in [5, 5.41) is 4.88. The summed E-state index contributed by atoms with van der Waals surface area (Å²) in [6.45, 7) is 9.55. The van der Waals surface area contributed by atoms with Crippen LogP contribution in [0.15, 0.2) is 176 Å². The summed E-state index contributed by atoms with van der Waals surface area (Å²) in [6.07, 6.45) is 0. The Morgan fingerprint density at radius 2 is 0.603 bits per heavy atom. The van der Waals surface area contributed by atoms with Gasteiger partial charge in [0.1, 0.15) is 5.75 Å². The Labute approximate surface area is 341 Å². The molecule has 2 aliphatic rings. The molecule has 0 unspecified atom stereocenters. The molecular formula is C57H44O. The van der Waals surface area contributed by atoms with E-state index >= 15 is 0 Å². The van der Waals surface area contributed by atoms with Gasteiger partial charge in [0.05, 0.1) is 7.11 Å². The van der Waals surface area contributed by atoms with Crippen molar-refractivity contribution >= 4 is 21.5 Å². The van der Waals surface area contributed by atoms with E-state index in [0.717, 1.165) is 5.75 Å². The zero-order valence-corrected chi connectivity index (χ0v) is 33.7. The van der Waals surface area contributed by atoms with Gasteiger partial charge in [0.25, 0.3) is 0 Å². The minimum Gasteiger partial charge on any atom is -0.497 e. The highest BCUT2D eigenvalue weighted by Gasteiger charge is 2.38. The maximum Gasteiger partial charge on any atom is 0.119 e. The Bertz CT molecular complexity index is 3140. The van der Waals surface area contributed by atoms with Gasteiger partial charge in [0, 0.05) is 10.8 Å². The molecule has 9 aromatic rings. The molecule has 278 valence electrons. The first kappa shape index (κ1) is 34.5. The summed E-state index contributed by atoms with van der Waals surface area (Å²) in [5.41, 5.74) is 20.8. The topological polar surface area (TPSA) is 9.23 Å². The van der Waals surface area contributed by atoms with E-state index in [0.29, 0.717) is 0 Å². The maximum atomic E-state index is 5.43. The quantitative estimate of drug-likeness (QED) is 0.171. The average Bonchev–Trinajstić information content (AvgIpc) is 3.63. The van der Waals surface area contributed by atoms with E-state index < -0.39 is 0 Å². The summed E-state index contributed by atoms with van der Waals surface area (Å²) in [7, 11) is 1.71. The van der Waals surface area contributed by atoms with Crippen molar-refractivity contribution in [3.63, 3.8) is 0 Å². The molecule has 1 nitrogen and oxygen atoms in total. The number of ether oxygens (including phenoxy) is 1. The zero-order chi connectivity index (χ0) is 39.3. The van der Waals surface area contributed by atoms with Gasteiger partial charge in [-0.3, -0.25) is 0 Å². The van der Waals surface area contributed by atoms with Gasteiger partial charge in [-0.1, -0.05) is 149 Å². The molecule has 0 N–H and O–H groups in total. The molecule has 0 spiro atoms. The van der Waals surface area contributed by atoms with Crippen molar-refractivity contribution in [2.45, 2.75) is 38.5 Å². The summed E-state index contributed by atoms with van der Waals surface area (Å²) in [6, 6.07) is 65.8. The predicted molar refractivity (Wildman–Crippen MR) is 245 cm³/mol. The van der Waals surface area contributed by atoms with E-state index in [-0.39, 0.29) is 10.8 Å². The molecule has 0 bridgehead atoms. The van der Waals surface area contributed by atoms with Gasteiger partial charge in [-0.25, -0.2) is 0 Å². The van der Waals surface area contributed by atoms with Crippen LogP contribution in [0.4, 0.5) is 0 Å². The lowest BCUT2D eigenvalue weighted by molar-refractivity contribution is 0.415. The van der Waals surface area contributed by atoms with Crippen LogP contribution in [0.3, 0.4) is 0 Å². The van der Waals surface area contributed by atoms with Crippen LogP contribution in [0, 0.1) is 0 Å². The van der Waals surface area contributed by atoms with Crippen molar-refractivity contribution in [3.05, 3.63) is 198 Å². The third-order valence-corrected chi connectivity index (χ3v) is 13.3. The highest BCUT2D eigenvalue weighted by molar-refractivity contribution is 5.94. The molecule has 58 heavy (non-hydrogen) atoms. The minimum atomic E-state index is -0.131. The van der Waals surface area contributed by atoms with E-state index in [4.69, 9.17) is 4.74 Å². The number of hydrogen-bond donors (Lipinski definition) is 0. The van der Waals surface area contributed by atoms with Gasteiger partial charge in [-0.15, -0.1) is 0 Å². The average molecular weight is 745 g/mol. The van der Waals surface area contributed by atoms with Crippen LogP contribution in [-0.2, 0) is 10.8 Å². The second-order valence-electron chi connectivity index (χ2n) is 17.4. The maximum absolute atomic E-state index is 5.43. The molecular weight excluding hydrogens is 701 g/mol. The molecule has 0 aromatic heterocycles. The van der Waals surface area contributed by atoms with Crippen LogP contribution in [0.1, 0.15) is 49.9 Å². The van der Waals surface area contributed by atoms with Gasteiger partial charge < -0.3 is 4.74 Å². The van der Waals surface area contributed by atoms with Crippen LogP contribution >= 0.6 is 0 Å². The fourth-order valence-electron chi connectivity index (χ4n) is 9.96. The molecule has 0 radical (unpaired) electrons. The molecule has 0 atom stereocenters. The molecule has 0 aliphatic heterocycles. The molecule has 0 saturated heterocycles. The highest BCUT2D eigenvalue weighted by atomic mass is 16.5. The van der Waals surface area contributed by atoms with Crippen molar-refractivity contribution in [2.24, 2.45) is 0 Å². The van der Waals surface area contributed by atoms with E-state index in [1.807, 2.05) is 6.07 Å². The smallest absolute Gasteiger partial charge is 0.119 e. The first-order chi connectivity index (χ1) is 28.2. The Kier molecular flexibility index (Phi) is 7.53. The molecule has 0 saturated carbocycles. The summed E-state index contributed by atoms with van der Waals surface area (Å²) in [5.74, 6) is 0.882. The number of benzene rings is 9. The van der Waals surface area contributed by atoms with Crippen LogP contribution in [-0.4, -0.2) is 7.11 Å². The Hall–Kier alpha value is -6.70. The van der Waals surface area contributed by atoms with E-state index in [1.54, 1.807) is 7.11 Å². The summed E-state index contributed by atoms with van der Waals surface area (Å²) >= 11 is 0. The van der Waals surface area contributed by atoms with Gasteiger partial charge >= 0.3 is 0 Å². The molecule has 0 amide bonds. The zero-order valence-electron chi connectivity index (χ0n) is 33.7. The second kappa shape index (κ2) is 12.7. The lowest BCUT2D eigenvalue weighted by Gasteiger charge is -2.24. The van der Waals surface area contributed by atoms with Crippen molar-refractivity contribution in [3.8, 4) is 72.5 Å². The van der Waals surface area contributed by atoms with E-state index in [2.05, 4.69) is 198 Å². The fraction of sp³-hybridized carbons (Fsp3) is 0.123. The lowest BCUT2D eigenvalue weighted by Crippen LogP contribution is -2.15. The number of methoxy groups -OCH3 is 1. The summed E-state index contributed by atoms with van der Waals surface area (Å²) in [4.78, 5) is 0. The molecule has 1 heteroatoms. The Morgan fingerprint density at radius 1 is 0.293 bits per heavy atom. The third-order valence-electron chi connectivity index (χ3n) is 13.3. The van der Waals surface area contributed by atoms with Gasteiger partial charge in [0.2, 0.25) is 0 Å². The first-order valence-electron chi connectivity index (χ1n) is 20.4. The lowest BCUT2D eigenvalue weighted by atomic mass is 9.79. The number of fused-ring (bicyclic) bond motifs is 8. The normalized spacial score (nSPS) is 14.2. The van der Waals surface area contributed by atoms with Crippen molar-refractivity contribution in [1.82, 2.24) is 0 Å². The van der Waals surface area contributed by atoms with Crippen LogP contribution in [0.25, 0.3) is 88.3 Å². The Balaban J connectivity index is 0.888.